The number of aryl methyl sites for hydroxylation is 2. The smallest absolute Gasteiger partial charge is 0.224 e. The summed E-state index contributed by atoms with van der Waals surface area (Å²) in [5, 5.41) is 3.94. The first-order valence-corrected chi connectivity index (χ1v) is 9.01. The predicted octanol–water partition coefficient (Wildman–Crippen LogP) is 4.15. The topological polar surface area (TPSA) is 45.5 Å². The maximum atomic E-state index is 13.5. The van der Waals surface area contributed by atoms with Gasteiger partial charge in [-0.3, -0.25) is 4.79 Å². The molecule has 1 heterocycles. The molecule has 0 saturated heterocycles. The lowest BCUT2D eigenvalue weighted by Crippen LogP contribution is -2.35. The Bertz CT molecular complexity index is 962. The summed E-state index contributed by atoms with van der Waals surface area (Å²) >= 11 is 0. The van der Waals surface area contributed by atoms with Gasteiger partial charge < -0.3 is 14.6 Å². The number of carbonyl (C=O) groups is 1. The van der Waals surface area contributed by atoms with E-state index in [0.29, 0.717) is 6.54 Å². The summed E-state index contributed by atoms with van der Waals surface area (Å²) in [5.41, 5.74) is 4.80. The molecule has 27 heavy (non-hydrogen) atoms. The number of furan rings is 1. The quantitative estimate of drug-likeness (QED) is 0.711. The van der Waals surface area contributed by atoms with Crippen LogP contribution in [0, 0.1) is 19.7 Å². The van der Waals surface area contributed by atoms with Gasteiger partial charge >= 0.3 is 0 Å². The second-order valence-electron chi connectivity index (χ2n) is 7.16. The molecule has 3 rings (SSSR count). The molecule has 1 amide bonds. The highest BCUT2D eigenvalue weighted by atomic mass is 19.1. The summed E-state index contributed by atoms with van der Waals surface area (Å²) in [6.45, 7) is 4.46. The summed E-state index contributed by atoms with van der Waals surface area (Å²) in [4.78, 5) is 14.5. The number of hydrogen-bond acceptors (Lipinski definition) is 3. The Hall–Kier alpha value is -2.66. The number of amides is 1. The maximum Gasteiger partial charge on any atom is 0.224 e. The van der Waals surface area contributed by atoms with E-state index in [1.54, 1.807) is 12.3 Å². The van der Waals surface area contributed by atoms with Crippen LogP contribution in [0.25, 0.3) is 11.0 Å². The molecule has 0 aliphatic carbocycles. The van der Waals surface area contributed by atoms with Crippen molar-refractivity contribution in [3.05, 3.63) is 70.7 Å². The highest BCUT2D eigenvalue weighted by molar-refractivity contribution is 5.89. The molecule has 5 heteroatoms. The van der Waals surface area contributed by atoms with Gasteiger partial charge in [-0.15, -0.1) is 0 Å². The number of carbonyl (C=O) groups excluding carboxylic acids is 1. The molecule has 0 bridgehead atoms. The molecule has 2 aromatic carbocycles. The molecule has 0 fully saturated rings. The van der Waals surface area contributed by atoms with Crippen LogP contribution in [0.5, 0.6) is 0 Å². The van der Waals surface area contributed by atoms with E-state index in [4.69, 9.17) is 4.42 Å². The van der Waals surface area contributed by atoms with Gasteiger partial charge in [0.1, 0.15) is 11.4 Å². The van der Waals surface area contributed by atoms with Crippen molar-refractivity contribution >= 4 is 16.9 Å². The molecule has 1 N–H and O–H groups in total. The van der Waals surface area contributed by atoms with Crippen molar-refractivity contribution < 1.29 is 13.6 Å². The minimum absolute atomic E-state index is 0.0841. The molecule has 1 atom stereocenters. The Morgan fingerprint density at radius 2 is 2.00 bits per heavy atom. The van der Waals surface area contributed by atoms with Gasteiger partial charge in [0.2, 0.25) is 5.91 Å². The van der Waals surface area contributed by atoms with Crippen molar-refractivity contribution in [1.82, 2.24) is 10.2 Å². The monoisotopic (exact) mass is 368 g/mol. The van der Waals surface area contributed by atoms with Crippen LogP contribution < -0.4 is 5.32 Å². The number of halogens is 1. The highest BCUT2D eigenvalue weighted by Crippen LogP contribution is 2.27. The highest BCUT2D eigenvalue weighted by Gasteiger charge is 2.17. The van der Waals surface area contributed by atoms with Crippen LogP contribution in [0.3, 0.4) is 0 Å². The minimum atomic E-state index is -0.277. The molecule has 4 nitrogen and oxygen atoms in total. The zero-order valence-corrected chi connectivity index (χ0v) is 16.2. The van der Waals surface area contributed by atoms with Gasteiger partial charge in [-0.05, 0) is 56.8 Å². The Morgan fingerprint density at radius 3 is 2.70 bits per heavy atom. The number of nitrogens with one attached hydrogen (secondary N) is 1. The third-order valence-corrected chi connectivity index (χ3v) is 5.04. The van der Waals surface area contributed by atoms with Crippen molar-refractivity contribution in [2.75, 3.05) is 20.6 Å². The lowest BCUT2D eigenvalue weighted by molar-refractivity contribution is -0.120. The molecular weight excluding hydrogens is 343 g/mol. The van der Waals surface area contributed by atoms with Crippen molar-refractivity contribution in [3.8, 4) is 0 Å². The van der Waals surface area contributed by atoms with Gasteiger partial charge in [0.15, 0.2) is 0 Å². The van der Waals surface area contributed by atoms with Crippen LogP contribution in [-0.4, -0.2) is 31.4 Å². The molecule has 3 aromatic rings. The fraction of sp³-hybridized carbons (Fsp3) is 0.318. The number of likely N-dealkylation sites (N-methyl/N-ethyl adjacent to an activating group) is 1. The van der Waals surface area contributed by atoms with Crippen LogP contribution >= 0.6 is 0 Å². The molecule has 142 valence electrons. The fourth-order valence-electron chi connectivity index (χ4n) is 3.28. The molecule has 0 radical (unpaired) electrons. The zero-order valence-electron chi connectivity index (χ0n) is 16.2. The molecule has 0 aliphatic rings. The summed E-state index contributed by atoms with van der Waals surface area (Å²) in [5.74, 6) is -0.361. The zero-order chi connectivity index (χ0) is 19.6. The van der Waals surface area contributed by atoms with Crippen molar-refractivity contribution in [3.63, 3.8) is 0 Å². The average molecular weight is 368 g/mol. The average Bonchev–Trinajstić information content (AvgIpc) is 3.01. The molecule has 1 aromatic heterocycles. The van der Waals surface area contributed by atoms with Gasteiger partial charge in [-0.2, -0.15) is 0 Å². The van der Waals surface area contributed by atoms with E-state index in [9.17, 15) is 9.18 Å². The standard InChI is InChI=1S/C22H25FN2O2/c1-14-8-9-19-17(13-27-22(19)15(14)2)11-21(26)24-12-20(25(3)4)16-6-5-7-18(23)10-16/h5-10,13,20H,11-12H2,1-4H3,(H,24,26). The third-order valence-electron chi connectivity index (χ3n) is 5.04. The number of rotatable bonds is 6. The summed E-state index contributed by atoms with van der Waals surface area (Å²) in [6, 6.07) is 10.4. The van der Waals surface area contributed by atoms with Gasteiger partial charge in [-0.1, -0.05) is 24.3 Å². The third kappa shape index (κ3) is 4.19. The van der Waals surface area contributed by atoms with Crippen molar-refractivity contribution in [2.45, 2.75) is 26.3 Å². The van der Waals surface area contributed by atoms with Gasteiger partial charge in [0.05, 0.1) is 18.7 Å². The lowest BCUT2D eigenvalue weighted by Gasteiger charge is -2.25. The second kappa shape index (κ2) is 7.92. The van der Waals surface area contributed by atoms with Crippen LogP contribution in [0.2, 0.25) is 0 Å². The Labute approximate surface area is 159 Å². The SMILES string of the molecule is Cc1ccc2c(CC(=O)NCC(c3cccc(F)c3)N(C)C)coc2c1C. The van der Waals surface area contributed by atoms with E-state index < -0.39 is 0 Å². The van der Waals surface area contributed by atoms with E-state index in [-0.39, 0.29) is 24.2 Å². The fourth-order valence-corrected chi connectivity index (χ4v) is 3.28. The van der Waals surface area contributed by atoms with E-state index >= 15 is 0 Å². The molecule has 1 unspecified atom stereocenters. The number of hydrogen-bond donors (Lipinski definition) is 1. The molecule has 0 saturated carbocycles. The van der Waals surface area contributed by atoms with Gasteiger partial charge in [0, 0.05) is 17.5 Å². The van der Waals surface area contributed by atoms with Crippen molar-refractivity contribution in [2.24, 2.45) is 0 Å². The first-order valence-electron chi connectivity index (χ1n) is 9.01. The molecular formula is C22H25FN2O2. The summed E-state index contributed by atoms with van der Waals surface area (Å²) in [7, 11) is 3.83. The van der Waals surface area contributed by atoms with Crippen LogP contribution in [0.1, 0.15) is 28.3 Å². The Kier molecular flexibility index (Phi) is 5.61. The largest absolute Gasteiger partial charge is 0.464 e. The molecule has 0 spiro atoms. The van der Waals surface area contributed by atoms with Gasteiger partial charge in [-0.25, -0.2) is 4.39 Å². The maximum absolute atomic E-state index is 13.5. The van der Waals surface area contributed by atoms with Gasteiger partial charge in [0.25, 0.3) is 0 Å². The normalized spacial score (nSPS) is 12.5. The van der Waals surface area contributed by atoms with Crippen LogP contribution in [0.4, 0.5) is 4.39 Å². The summed E-state index contributed by atoms with van der Waals surface area (Å²) in [6.07, 6.45) is 1.91. The second-order valence-corrected chi connectivity index (χ2v) is 7.16. The van der Waals surface area contributed by atoms with Crippen molar-refractivity contribution in [1.29, 1.82) is 0 Å². The Morgan fingerprint density at radius 1 is 1.22 bits per heavy atom. The minimum Gasteiger partial charge on any atom is -0.464 e. The van der Waals surface area contributed by atoms with Crippen LogP contribution in [0.15, 0.2) is 47.1 Å². The number of fused-ring (bicyclic) bond motifs is 1. The first-order chi connectivity index (χ1) is 12.9. The van der Waals surface area contributed by atoms with E-state index in [1.165, 1.54) is 12.1 Å². The van der Waals surface area contributed by atoms with Crippen LogP contribution in [-0.2, 0) is 11.2 Å². The number of nitrogens with zero attached hydrogens (tertiary/aromatic N) is 1. The lowest BCUT2D eigenvalue weighted by atomic mass is 10.0. The van der Waals surface area contributed by atoms with E-state index in [1.807, 2.05) is 51.0 Å². The number of benzene rings is 2. The molecule has 0 aliphatic heterocycles. The first kappa shape index (κ1) is 19.1. The van der Waals surface area contributed by atoms with E-state index in [2.05, 4.69) is 5.32 Å². The summed E-state index contributed by atoms with van der Waals surface area (Å²) < 4.78 is 19.2. The Balaban J connectivity index is 1.69. The predicted molar refractivity (Wildman–Crippen MR) is 105 cm³/mol. The van der Waals surface area contributed by atoms with E-state index in [0.717, 1.165) is 33.2 Å².